The Morgan fingerprint density at radius 3 is 1.20 bits per heavy atom. The van der Waals surface area contributed by atoms with E-state index in [1.165, 1.54) is 12.1 Å². The fraction of sp³-hybridized carbons (Fsp3) is 0. The van der Waals surface area contributed by atoms with E-state index in [2.05, 4.69) is 0 Å². The molecule has 0 aromatic carbocycles. The summed E-state index contributed by atoms with van der Waals surface area (Å²) in [5, 5.41) is 14.5. The molecule has 0 fully saturated rings. The van der Waals surface area contributed by atoms with Gasteiger partial charge in [-0.05, 0) is 0 Å². The molecule has 0 atom stereocenters. The van der Waals surface area contributed by atoms with Crippen LogP contribution in [0.1, 0.15) is 0 Å². The van der Waals surface area contributed by atoms with Crippen LogP contribution in [0.4, 0.5) is 0 Å². The largest absolute Gasteiger partial charge is 2.00 e. The van der Waals surface area contributed by atoms with E-state index in [1.54, 1.807) is 0 Å². The first-order valence-corrected chi connectivity index (χ1v) is 0.697. The first kappa shape index (κ1) is 8.82. The van der Waals surface area contributed by atoms with Gasteiger partial charge in [-0.25, -0.2) is 0 Å². The summed E-state index contributed by atoms with van der Waals surface area (Å²) in [6.45, 7) is 0. The molecule has 0 unspecified atom stereocenters. The van der Waals surface area contributed by atoms with Gasteiger partial charge in [-0.2, -0.15) is 10.5 Å². The monoisotopic (exact) mass is 111 g/mol. The summed E-state index contributed by atoms with van der Waals surface area (Å²) in [4.78, 5) is 0. The average molecular weight is 111 g/mol. The van der Waals surface area contributed by atoms with Crippen molar-refractivity contribution in [3.8, 4) is 12.1 Å². The maximum Gasteiger partial charge on any atom is 2.00 e. The molecule has 25 valence electrons. The third kappa shape index (κ3) is 32.6. The van der Waals surface area contributed by atoms with Crippen LogP contribution in [0.2, 0.25) is 0 Å². The van der Waals surface area contributed by atoms with Crippen LogP contribution in [0.25, 0.3) is 0 Å². The van der Waals surface area contributed by atoms with Crippen LogP contribution in [-0.2, 0) is 16.8 Å². The zero-order valence-electron chi connectivity index (χ0n) is 2.23. The van der Waals surface area contributed by atoms with Gasteiger partial charge in [0, 0.05) is 0 Å². The van der Waals surface area contributed by atoms with Crippen molar-refractivity contribution in [1.29, 1.82) is 10.5 Å². The van der Waals surface area contributed by atoms with E-state index in [-0.39, 0.29) is 16.8 Å². The second kappa shape index (κ2) is 9.76. The Balaban J connectivity index is 0. The van der Waals surface area contributed by atoms with Gasteiger partial charge in [0.2, 0.25) is 0 Å². The first-order chi connectivity index (χ1) is 1.91. The molecule has 0 aromatic rings. The molecule has 0 spiro atoms. The Labute approximate surface area is 40.2 Å². The van der Waals surface area contributed by atoms with E-state index >= 15 is 0 Å². The standard InChI is InChI=1S/C2N2.Co/c3-1-2-4;/q;+2. The van der Waals surface area contributed by atoms with Crippen molar-refractivity contribution in [3.63, 3.8) is 0 Å². The second-order valence-electron chi connectivity index (χ2n) is 0.224. The molecule has 3 heteroatoms. The second-order valence-corrected chi connectivity index (χ2v) is 0.224. The van der Waals surface area contributed by atoms with Crippen LogP contribution < -0.4 is 0 Å². The van der Waals surface area contributed by atoms with Gasteiger partial charge in [0.05, 0.1) is 0 Å². The van der Waals surface area contributed by atoms with Gasteiger partial charge < -0.3 is 0 Å². The molecular formula is C2CoN2+2. The summed E-state index contributed by atoms with van der Waals surface area (Å²) in [5.74, 6) is 0. The molecule has 0 saturated carbocycles. The first-order valence-electron chi connectivity index (χ1n) is 0.697. The minimum atomic E-state index is 0. The number of rotatable bonds is 0. The molecule has 0 N–H and O–H groups in total. The molecule has 0 aromatic heterocycles. The minimum Gasteiger partial charge on any atom is -0.181 e. The van der Waals surface area contributed by atoms with E-state index in [9.17, 15) is 0 Å². The van der Waals surface area contributed by atoms with Gasteiger partial charge in [0.15, 0.2) is 12.1 Å². The van der Waals surface area contributed by atoms with Gasteiger partial charge in [0.1, 0.15) is 0 Å². The molecule has 0 aliphatic carbocycles. The summed E-state index contributed by atoms with van der Waals surface area (Å²) >= 11 is 0. The van der Waals surface area contributed by atoms with Gasteiger partial charge >= 0.3 is 16.8 Å². The van der Waals surface area contributed by atoms with E-state index in [1.807, 2.05) is 0 Å². The van der Waals surface area contributed by atoms with Crippen LogP contribution in [0, 0.1) is 22.7 Å². The Kier molecular flexibility index (Phi) is 17.2. The van der Waals surface area contributed by atoms with E-state index in [4.69, 9.17) is 10.5 Å². The molecule has 0 aliphatic heterocycles. The average Bonchev–Trinajstić information content (AvgIpc) is 1.37. The predicted octanol–water partition coefficient (Wildman–Crippen LogP) is 0.0311. The summed E-state index contributed by atoms with van der Waals surface area (Å²) in [6, 6.07) is 2.47. The molecule has 0 rings (SSSR count). The summed E-state index contributed by atoms with van der Waals surface area (Å²) < 4.78 is 0. The summed E-state index contributed by atoms with van der Waals surface area (Å²) in [6.07, 6.45) is 0. The minimum absolute atomic E-state index is 0. The number of nitriles is 2. The quantitative estimate of drug-likeness (QED) is 0.442. The number of nitrogens with zero attached hydrogens (tertiary/aromatic N) is 2. The van der Waals surface area contributed by atoms with Gasteiger partial charge in [-0.1, -0.05) is 0 Å². The number of hydrogen-bond acceptors (Lipinski definition) is 2. The van der Waals surface area contributed by atoms with Crippen molar-refractivity contribution >= 4 is 0 Å². The van der Waals surface area contributed by atoms with Crippen LogP contribution in [-0.4, -0.2) is 0 Å². The Bertz CT molecular complexity index is 62.6. The fourth-order valence-electron chi connectivity index (χ4n) is 0. The van der Waals surface area contributed by atoms with E-state index < -0.39 is 0 Å². The molecule has 0 saturated heterocycles. The Hall–Kier alpha value is -0.514. The Morgan fingerprint density at radius 1 is 1.00 bits per heavy atom. The van der Waals surface area contributed by atoms with Crippen LogP contribution in [0.5, 0.6) is 0 Å². The predicted molar refractivity (Wildman–Crippen MR) is 11.2 cm³/mol. The summed E-state index contributed by atoms with van der Waals surface area (Å²) in [5.41, 5.74) is 0. The Morgan fingerprint density at radius 2 is 1.20 bits per heavy atom. The van der Waals surface area contributed by atoms with Crippen molar-refractivity contribution in [1.82, 2.24) is 0 Å². The third-order valence-corrected chi connectivity index (χ3v) is 0.0500. The topological polar surface area (TPSA) is 47.6 Å². The van der Waals surface area contributed by atoms with Crippen LogP contribution >= 0.6 is 0 Å². The van der Waals surface area contributed by atoms with Crippen molar-refractivity contribution in [3.05, 3.63) is 0 Å². The summed E-state index contributed by atoms with van der Waals surface area (Å²) in [7, 11) is 0. The third-order valence-electron chi connectivity index (χ3n) is 0.0500. The molecule has 2 nitrogen and oxygen atoms in total. The van der Waals surface area contributed by atoms with E-state index in [0.717, 1.165) is 0 Å². The van der Waals surface area contributed by atoms with Crippen molar-refractivity contribution in [2.24, 2.45) is 0 Å². The van der Waals surface area contributed by atoms with Gasteiger partial charge in [-0.3, -0.25) is 0 Å². The molecule has 5 heavy (non-hydrogen) atoms. The van der Waals surface area contributed by atoms with Crippen molar-refractivity contribution in [2.75, 3.05) is 0 Å². The SMILES string of the molecule is N#CC#N.[Co+2]. The fourth-order valence-corrected chi connectivity index (χ4v) is 0. The molecule has 0 bridgehead atoms. The molecule has 0 heterocycles. The van der Waals surface area contributed by atoms with Crippen molar-refractivity contribution in [2.45, 2.75) is 0 Å². The van der Waals surface area contributed by atoms with Gasteiger partial charge in [-0.15, -0.1) is 0 Å². The molecule has 0 aliphatic rings. The molecule has 1 radical (unpaired) electrons. The zero-order valence-corrected chi connectivity index (χ0v) is 3.27. The molecule has 0 amide bonds. The smallest absolute Gasteiger partial charge is 0.181 e. The normalized spacial score (nSPS) is 2.00. The van der Waals surface area contributed by atoms with Crippen LogP contribution in [0.3, 0.4) is 0 Å². The maximum atomic E-state index is 7.26. The van der Waals surface area contributed by atoms with Crippen molar-refractivity contribution < 1.29 is 16.8 Å². The van der Waals surface area contributed by atoms with Crippen LogP contribution in [0.15, 0.2) is 0 Å². The maximum absolute atomic E-state index is 7.26. The zero-order chi connectivity index (χ0) is 3.41. The molecular weight excluding hydrogens is 111 g/mol. The number of hydrogen-bond donors (Lipinski definition) is 0. The van der Waals surface area contributed by atoms with Gasteiger partial charge in [0.25, 0.3) is 0 Å². The van der Waals surface area contributed by atoms with E-state index in [0.29, 0.717) is 0 Å².